The molecule has 2 aromatic carbocycles. The van der Waals surface area contributed by atoms with Crippen LogP contribution in [0.15, 0.2) is 54.6 Å². The Bertz CT molecular complexity index is 988. The van der Waals surface area contributed by atoms with E-state index in [2.05, 4.69) is 45.7 Å². The van der Waals surface area contributed by atoms with E-state index in [1.54, 1.807) is 20.1 Å². The van der Waals surface area contributed by atoms with Gasteiger partial charge in [0.1, 0.15) is 23.1 Å². The second kappa shape index (κ2) is 9.68. The van der Waals surface area contributed by atoms with Crippen molar-refractivity contribution in [3.8, 4) is 5.75 Å². The predicted octanol–water partition coefficient (Wildman–Crippen LogP) is 3.69. The molecule has 0 atom stereocenters. The van der Waals surface area contributed by atoms with Crippen molar-refractivity contribution in [2.24, 2.45) is 0 Å². The van der Waals surface area contributed by atoms with Gasteiger partial charge in [-0.25, -0.2) is 9.97 Å². The molecule has 1 aromatic heterocycles. The maximum Gasteiger partial charge on any atom is 0.270 e. The third-order valence-electron chi connectivity index (χ3n) is 4.50. The van der Waals surface area contributed by atoms with Gasteiger partial charge in [0.2, 0.25) is 0 Å². The fourth-order valence-corrected chi connectivity index (χ4v) is 3.10. The minimum absolute atomic E-state index is 0.219. The number of benzene rings is 2. The van der Waals surface area contributed by atoms with Crippen LogP contribution in [-0.4, -0.2) is 29.5 Å². The molecule has 3 rings (SSSR count). The van der Waals surface area contributed by atoms with Crippen molar-refractivity contribution < 1.29 is 9.53 Å². The molecule has 0 aliphatic rings. The van der Waals surface area contributed by atoms with E-state index in [1.807, 2.05) is 30.3 Å². The number of hydrogen-bond acceptors (Lipinski definition) is 5. The Morgan fingerprint density at radius 1 is 1.03 bits per heavy atom. The second-order valence-corrected chi connectivity index (χ2v) is 6.85. The van der Waals surface area contributed by atoms with Crippen molar-refractivity contribution in [3.05, 3.63) is 82.8 Å². The summed E-state index contributed by atoms with van der Waals surface area (Å²) in [6, 6.07) is 17.7. The molecule has 0 bridgehead atoms. The molecule has 0 fully saturated rings. The van der Waals surface area contributed by atoms with E-state index in [1.165, 1.54) is 5.56 Å². The molecule has 0 radical (unpaired) electrons. The van der Waals surface area contributed by atoms with E-state index in [4.69, 9.17) is 4.74 Å². The second-order valence-electron chi connectivity index (χ2n) is 6.85. The van der Waals surface area contributed by atoms with Crippen LogP contribution in [0.1, 0.15) is 33.0 Å². The first kappa shape index (κ1) is 20.3. The van der Waals surface area contributed by atoms with Crippen LogP contribution < -0.4 is 15.4 Å². The number of aryl methyl sites for hydroxylation is 2. The van der Waals surface area contributed by atoms with E-state index in [9.17, 15) is 4.79 Å². The first-order valence-corrected chi connectivity index (χ1v) is 9.60. The largest absolute Gasteiger partial charge is 0.496 e. The molecule has 0 unspecified atom stereocenters. The van der Waals surface area contributed by atoms with Crippen molar-refractivity contribution in [2.45, 2.75) is 26.8 Å². The van der Waals surface area contributed by atoms with Crippen molar-refractivity contribution in [2.75, 3.05) is 19.0 Å². The molecule has 29 heavy (non-hydrogen) atoms. The number of ether oxygens (including phenoxy) is 1. The Kier molecular flexibility index (Phi) is 6.79. The third kappa shape index (κ3) is 5.78. The molecule has 3 aromatic rings. The van der Waals surface area contributed by atoms with Crippen LogP contribution in [0.25, 0.3) is 0 Å². The number of para-hydroxylation sites is 1. The van der Waals surface area contributed by atoms with Gasteiger partial charge < -0.3 is 15.4 Å². The number of nitrogens with zero attached hydrogens (tertiary/aromatic N) is 2. The van der Waals surface area contributed by atoms with Gasteiger partial charge in [-0.2, -0.15) is 0 Å². The standard InChI is InChI=1S/C23H26N4O2/c1-16-7-6-8-18(13-16)15-25-22-14-20(26-17(2)27-22)23(28)24-12-11-19-9-4-5-10-21(19)29-3/h4-10,13-14H,11-12,15H2,1-3H3,(H,24,28)(H,25,26,27). The van der Waals surface area contributed by atoms with Crippen molar-refractivity contribution in [1.29, 1.82) is 0 Å². The summed E-state index contributed by atoms with van der Waals surface area (Å²) in [6.07, 6.45) is 0.679. The van der Waals surface area contributed by atoms with E-state index in [0.29, 0.717) is 36.8 Å². The number of amides is 1. The fraction of sp³-hybridized carbons (Fsp3) is 0.261. The van der Waals surface area contributed by atoms with Crippen LogP contribution in [0.5, 0.6) is 5.75 Å². The molecule has 0 spiro atoms. The van der Waals surface area contributed by atoms with Crippen LogP contribution in [0.4, 0.5) is 5.82 Å². The highest BCUT2D eigenvalue weighted by Gasteiger charge is 2.11. The van der Waals surface area contributed by atoms with Crippen LogP contribution >= 0.6 is 0 Å². The van der Waals surface area contributed by atoms with E-state index < -0.39 is 0 Å². The number of methoxy groups -OCH3 is 1. The first-order chi connectivity index (χ1) is 14.0. The summed E-state index contributed by atoms with van der Waals surface area (Å²) in [6.45, 7) is 4.97. The van der Waals surface area contributed by atoms with Gasteiger partial charge in [0.05, 0.1) is 7.11 Å². The Hall–Kier alpha value is -3.41. The Balaban J connectivity index is 1.60. The summed E-state index contributed by atoms with van der Waals surface area (Å²) in [7, 11) is 1.65. The Morgan fingerprint density at radius 3 is 2.66 bits per heavy atom. The molecule has 1 amide bonds. The lowest BCUT2D eigenvalue weighted by atomic mass is 10.1. The normalized spacial score (nSPS) is 10.4. The van der Waals surface area contributed by atoms with E-state index in [-0.39, 0.29) is 5.91 Å². The molecule has 0 saturated heterocycles. The Morgan fingerprint density at radius 2 is 1.86 bits per heavy atom. The molecule has 150 valence electrons. The zero-order valence-corrected chi connectivity index (χ0v) is 17.0. The summed E-state index contributed by atoms with van der Waals surface area (Å²) in [5.74, 6) is 1.79. The molecular formula is C23H26N4O2. The van der Waals surface area contributed by atoms with Gasteiger partial charge in [-0.15, -0.1) is 0 Å². The van der Waals surface area contributed by atoms with Gasteiger partial charge in [0.15, 0.2) is 0 Å². The van der Waals surface area contributed by atoms with Gasteiger partial charge in [-0.1, -0.05) is 48.0 Å². The lowest BCUT2D eigenvalue weighted by molar-refractivity contribution is 0.0948. The maximum absolute atomic E-state index is 12.6. The molecule has 6 nitrogen and oxygen atoms in total. The topological polar surface area (TPSA) is 76.1 Å². The summed E-state index contributed by atoms with van der Waals surface area (Å²) < 4.78 is 5.35. The summed E-state index contributed by atoms with van der Waals surface area (Å²) in [5, 5.41) is 6.20. The highest BCUT2D eigenvalue weighted by molar-refractivity contribution is 5.92. The zero-order chi connectivity index (χ0) is 20.6. The molecule has 0 aliphatic heterocycles. The predicted molar refractivity (Wildman–Crippen MR) is 114 cm³/mol. The van der Waals surface area contributed by atoms with Gasteiger partial charge in [0.25, 0.3) is 5.91 Å². The van der Waals surface area contributed by atoms with Crippen molar-refractivity contribution in [3.63, 3.8) is 0 Å². The smallest absolute Gasteiger partial charge is 0.270 e. The average Bonchev–Trinajstić information content (AvgIpc) is 2.72. The van der Waals surface area contributed by atoms with Crippen LogP contribution in [0, 0.1) is 13.8 Å². The van der Waals surface area contributed by atoms with Gasteiger partial charge >= 0.3 is 0 Å². The monoisotopic (exact) mass is 390 g/mol. The maximum atomic E-state index is 12.6. The fourth-order valence-electron chi connectivity index (χ4n) is 3.10. The van der Waals surface area contributed by atoms with Crippen LogP contribution in [0.2, 0.25) is 0 Å². The molecule has 6 heteroatoms. The SMILES string of the molecule is COc1ccccc1CCNC(=O)c1cc(NCc2cccc(C)c2)nc(C)n1. The van der Waals surface area contributed by atoms with Gasteiger partial charge in [0, 0.05) is 19.2 Å². The summed E-state index contributed by atoms with van der Waals surface area (Å²) in [4.78, 5) is 21.2. The lowest BCUT2D eigenvalue weighted by Gasteiger charge is -2.11. The average molecular weight is 390 g/mol. The number of carbonyl (C=O) groups excluding carboxylic acids is 1. The van der Waals surface area contributed by atoms with Gasteiger partial charge in [-0.05, 0) is 37.5 Å². The molecule has 0 saturated carbocycles. The van der Waals surface area contributed by atoms with Crippen molar-refractivity contribution in [1.82, 2.24) is 15.3 Å². The lowest BCUT2D eigenvalue weighted by Crippen LogP contribution is -2.27. The number of anilines is 1. The molecular weight excluding hydrogens is 364 g/mol. The zero-order valence-electron chi connectivity index (χ0n) is 17.0. The minimum Gasteiger partial charge on any atom is -0.496 e. The van der Waals surface area contributed by atoms with E-state index in [0.717, 1.165) is 16.9 Å². The number of aromatic nitrogens is 2. The van der Waals surface area contributed by atoms with Crippen LogP contribution in [-0.2, 0) is 13.0 Å². The van der Waals surface area contributed by atoms with Crippen LogP contribution in [0.3, 0.4) is 0 Å². The van der Waals surface area contributed by atoms with Crippen molar-refractivity contribution >= 4 is 11.7 Å². The summed E-state index contributed by atoms with van der Waals surface area (Å²) >= 11 is 0. The van der Waals surface area contributed by atoms with Gasteiger partial charge in [-0.3, -0.25) is 4.79 Å². The highest BCUT2D eigenvalue weighted by atomic mass is 16.5. The van der Waals surface area contributed by atoms with E-state index >= 15 is 0 Å². The Labute approximate surface area is 171 Å². The quantitative estimate of drug-likeness (QED) is 0.614. The first-order valence-electron chi connectivity index (χ1n) is 9.60. The summed E-state index contributed by atoms with van der Waals surface area (Å²) in [5.41, 5.74) is 3.77. The minimum atomic E-state index is -0.219. The molecule has 2 N–H and O–H groups in total. The molecule has 1 heterocycles. The number of carbonyl (C=O) groups is 1. The third-order valence-corrected chi connectivity index (χ3v) is 4.50. The molecule has 0 aliphatic carbocycles. The number of nitrogens with one attached hydrogen (secondary N) is 2. The number of rotatable bonds is 8. The highest BCUT2D eigenvalue weighted by Crippen LogP contribution is 2.17. The number of hydrogen-bond donors (Lipinski definition) is 2.